The summed E-state index contributed by atoms with van der Waals surface area (Å²) in [5.74, 6) is 1.01. The Kier molecular flexibility index (Phi) is 2.06. The van der Waals surface area contributed by atoms with E-state index in [2.05, 4.69) is 22.6 Å². The van der Waals surface area contributed by atoms with Crippen molar-refractivity contribution in [2.75, 3.05) is 6.61 Å². The largest absolute Gasteiger partial charge is 0.461 e. The highest BCUT2D eigenvalue weighted by Gasteiger charge is 2.61. The Morgan fingerprint density at radius 1 is 1.43 bits per heavy atom. The highest BCUT2D eigenvalue weighted by Crippen LogP contribution is 2.56. The molecule has 0 amide bonds. The standard InChI is InChI=1S/C10H13IO3/c11-8-5-2-1-4-6(3-12)7(5)10(13)14-9(4)8/h4-9,12H,1-3H2/t4-,5-,6-,7-,8+,9-/m0/s1. The molecule has 4 bridgehead atoms. The number of fused-ring (bicyclic) bond motifs is 2. The van der Waals surface area contributed by atoms with Gasteiger partial charge in [-0.2, -0.15) is 0 Å². The number of carbonyl (C=O) groups excluding carboxylic acids is 1. The first-order valence-electron chi connectivity index (χ1n) is 5.19. The minimum absolute atomic E-state index is 0.00866. The second kappa shape index (κ2) is 3.07. The Labute approximate surface area is 96.3 Å². The molecular formula is C10H13IO3. The molecule has 3 nitrogen and oxygen atoms in total. The summed E-state index contributed by atoms with van der Waals surface area (Å²) in [5, 5.41) is 9.33. The van der Waals surface area contributed by atoms with E-state index in [4.69, 9.17) is 4.74 Å². The number of aliphatic hydroxyl groups excluding tert-OH is 1. The zero-order valence-corrected chi connectivity index (χ0v) is 9.88. The molecule has 5 rings (SSSR count). The van der Waals surface area contributed by atoms with E-state index in [9.17, 15) is 9.90 Å². The molecule has 3 saturated carbocycles. The van der Waals surface area contributed by atoms with E-state index in [0.29, 0.717) is 15.8 Å². The minimum Gasteiger partial charge on any atom is -0.461 e. The molecule has 5 aliphatic rings. The number of hydrogen-bond donors (Lipinski definition) is 1. The SMILES string of the molecule is O=C1O[C@@H]2[C@H](I)[C@H]3CC[C@H]2[C@H](CO)[C@@H]13. The molecule has 0 unspecified atom stereocenters. The third-order valence-electron chi connectivity index (χ3n) is 4.19. The summed E-state index contributed by atoms with van der Waals surface area (Å²) in [6.45, 7) is 0.154. The quantitative estimate of drug-likeness (QED) is 0.446. The molecule has 0 aromatic carbocycles. The van der Waals surface area contributed by atoms with Crippen molar-refractivity contribution in [2.45, 2.75) is 22.9 Å². The summed E-state index contributed by atoms with van der Waals surface area (Å²) in [5.41, 5.74) is 0. The van der Waals surface area contributed by atoms with E-state index in [0.717, 1.165) is 12.8 Å². The van der Waals surface area contributed by atoms with Crippen LogP contribution in [0.25, 0.3) is 0 Å². The number of rotatable bonds is 1. The normalized spacial score (nSPS) is 54.9. The molecule has 1 N–H and O–H groups in total. The van der Waals surface area contributed by atoms with Crippen LogP contribution in [0, 0.1) is 23.7 Å². The Hall–Kier alpha value is 0.160. The third kappa shape index (κ3) is 0.988. The van der Waals surface area contributed by atoms with Crippen molar-refractivity contribution in [1.29, 1.82) is 0 Å². The average molecular weight is 308 g/mol. The van der Waals surface area contributed by atoms with E-state index >= 15 is 0 Å². The van der Waals surface area contributed by atoms with Crippen molar-refractivity contribution < 1.29 is 14.6 Å². The maximum Gasteiger partial charge on any atom is 0.309 e. The number of aliphatic hydroxyl groups is 1. The number of esters is 1. The van der Waals surface area contributed by atoms with E-state index < -0.39 is 0 Å². The predicted molar refractivity (Wildman–Crippen MR) is 58.0 cm³/mol. The highest BCUT2D eigenvalue weighted by atomic mass is 127. The minimum atomic E-state index is -0.0529. The smallest absolute Gasteiger partial charge is 0.309 e. The van der Waals surface area contributed by atoms with Gasteiger partial charge < -0.3 is 9.84 Å². The van der Waals surface area contributed by atoms with Gasteiger partial charge in [0.15, 0.2) is 0 Å². The Balaban J connectivity index is 2.01. The van der Waals surface area contributed by atoms with E-state index in [-0.39, 0.29) is 30.5 Å². The lowest BCUT2D eigenvalue weighted by atomic mass is 9.56. The number of carbonyl (C=O) groups is 1. The van der Waals surface area contributed by atoms with Crippen LogP contribution >= 0.6 is 22.6 Å². The molecule has 2 saturated heterocycles. The third-order valence-corrected chi connectivity index (χ3v) is 5.82. The number of ether oxygens (including phenoxy) is 1. The van der Waals surface area contributed by atoms with Gasteiger partial charge in [0.2, 0.25) is 0 Å². The zero-order valence-electron chi connectivity index (χ0n) is 7.73. The summed E-state index contributed by atoms with van der Waals surface area (Å²) in [7, 11) is 0. The molecule has 5 fully saturated rings. The molecule has 78 valence electrons. The zero-order chi connectivity index (χ0) is 9.87. The Morgan fingerprint density at radius 2 is 2.14 bits per heavy atom. The fourth-order valence-electron chi connectivity index (χ4n) is 3.57. The van der Waals surface area contributed by atoms with E-state index in [1.165, 1.54) is 0 Å². The van der Waals surface area contributed by atoms with Crippen molar-refractivity contribution in [2.24, 2.45) is 23.7 Å². The second-order valence-corrected chi connectivity index (χ2v) is 6.06. The summed E-state index contributed by atoms with van der Waals surface area (Å²) in [4.78, 5) is 11.6. The predicted octanol–water partition coefficient (Wildman–Crippen LogP) is 0.980. The van der Waals surface area contributed by atoms with Crippen LogP contribution in [0.5, 0.6) is 0 Å². The molecule has 3 aliphatic carbocycles. The van der Waals surface area contributed by atoms with Gasteiger partial charge in [0.25, 0.3) is 0 Å². The Bertz CT molecular complexity index is 275. The molecule has 0 aromatic heterocycles. The summed E-state index contributed by atoms with van der Waals surface area (Å²) in [6.07, 6.45) is 2.36. The fourth-order valence-corrected chi connectivity index (χ4v) is 5.06. The van der Waals surface area contributed by atoms with Crippen molar-refractivity contribution in [1.82, 2.24) is 0 Å². The molecule has 6 atom stereocenters. The van der Waals surface area contributed by atoms with Crippen LogP contribution in [0.4, 0.5) is 0 Å². The van der Waals surface area contributed by atoms with Crippen LogP contribution in [-0.4, -0.2) is 27.7 Å². The maximum atomic E-state index is 11.6. The number of alkyl halides is 1. The van der Waals surface area contributed by atoms with Crippen LogP contribution in [0.2, 0.25) is 0 Å². The van der Waals surface area contributed by atoms with Crippen molar-refractivity contribution in [3.63, 3.8) is 0 Å². The lowest BCUT2D eigenvalue weighted by molar-refractivity contribution is -0.205. The molecule has 2 aliphatic heterocycles. The van der Waals surface area contributed by atoms with Gasteiger partial charge in [0.1, 0.15) is 6.10 Å². The molecule has 0 aromatic rings. The first-order chi connectivity index (χ1) is 6.74. The Morgan fingerprint density at radius 3 is 2.79 bits per heavy atom. The molecule has 0 radical (unpaired) electrons. The average Bonchev–Trinajstić information content (AvgIpc) is 2.20. The van der Waals surface area contributed by atoms with Crippen LogP contribution < -0.4 is 0 Å². The van der Waals surface area contributed by atoms with Crippen LogP contribution in [-0.2, 0) is 9.53 Å². The monoisotopic (exact) mass is 308 g/mol. The molecule has 0 spiro atoms. The van der Waals surface area contributed by atoms with Crippen molar-refractivity contribution in [3.05, 3.63) is 0 Å². The fraction of sp³-hybridized carbons (Fsp3) is 0.900. The van der Waals surface area contributed by atoms with Crippen molar-refractivity contribution in [3.8, 4) is 0 Å². The van der Waals surface area contributed by atoms with E-state index in [1.54, 1.807) is 0 Å². The molecule has 2 heterocycles. The van der Waals surface area contributed by atoms with Crippen LogP contribution in [0.3, 0.4) is 0 Å². The van der Waals surface area contributed by atoms with Gasteiger partial charge in [0.05, 0.1) is 9.84 Å². The van der Waals surface area contributed by atoms with Gasteiger partial charge in [0, 0.05) is 18.4 Å². The van der Waals surface area contributed by atoms with Crippen LogP contribution in [0.15, 0.2) is 0 Å². The molecular weight excluding hydrogens is 295 g/mol. The number of halogens is 1. The van der Waals surface area contributed by atoms with Crippen molar-refractivity contribution >= 4 is 28.6 Å². The van der Waals surface area contributed by atoms with Gasteiger partial charge in [-0.15, -0.1) is 0 Å². The summed E-state index contributed by atoms with van der Waals surface area (Å²) in [6, 6.07) is 0. The molecule has 4 heteroatoms. The topological polar surface area (TPSA) is 46.5 Å². The van der Waals surface area contributed by atoms with Gasteiger partial charge in [-0.25, -0.2) is 0 Å². The summed E-state index contributed by atoms with van der Waals surface area (Å²) < 4.78 is 5.89. The van der Waals surface area contributed by atoms with E-state index in [1.807, 2.05) is 0 Å². The van der Waals surface area contributed by atoms with Gasteiger partial charge in [-0.3, -0.25) is 4.79 Å². The van der Waals surface area contributed by atoms with Gasteiger partial charge >= 0.3 is 5.97 Å². The second-order valence-electron chi connectivity index (χ2n) is 4.62. The lowest BCUT2D eigenvalue weighted by Crippen LogP contribution is -2.64. The first kappa shape index (κ1) is 9.39. The summed E-state index contributed by atoms with van der Waals surface area (Å²) >= 11 is 2.42. The maximum absolute atomic E-state index is 11.6. The molecule has 14 heavy (non-hydrogen) atoms. The van der Waals surface area contributed by atoms with Gasteiger partial charge in [-0.1, -0.05) is 22.6 Å². The highest BCUT2D eigenvalue weighted by molar-refractivity contribution is 14.1. The lowest BCUT2D eigenvalue weighted by Gasteiger charge is -2.57. The number of hydrogen-bond acceptors (Lipinski definition) is 3. The van der Waals surface area contributed by atoms with Crippen LogP contribution in [0.1, 0.15) is 12.8 Å². The van der Waals surface area contributed by atoms with Gasteiger partial charge in [-0.05, 0) is 18.8 Å². The first-order valence-corrected chi connectivity index (χ1v) is 6.44.